The first-order chi connectivity index (χ1) is 16.9. The van der Waals surface area contributed by atoms with Gasteiger partial charge in [0.25, 0.3) is 5.91 Å². The van der Waals surface area contributed by atoms with Crippen molar-refractivity contribution in [3.8, 4) is 11.1 Å². The van der Waals surface area contributed by atoms with Crippen LogP contribution in [0.1, 0.15) is 33.8 Å². The van der Waals surface area contributed by atoms with Gasteiger partial charge in [0, 0.05) is 30.1 Å². The second-order valence-corrected chi connectivity index (χ2v) is 8.73. The van der Waals surface area contributed by atoms with Crippen LogP contribution in [-0.4, -0.2) is 58.4 Å². The minimum absolute atomic E-state index is 0.00248. The summed E-state index contributed by atoms with van der Waals surface area (Å²) in [6.07, 6.45) is -1.48. The lowest BCUT2D eigenvalue weighted by Gasteiger charge is -2.21. The molecular formula is C27H24N2O6. The van der Waals surface area contributed by atoms with Gasteiger partial charge in [-0.25, -0.2) is 9.59 Å². The lowest BCUT2D eigenvalue weighted by Crippen LogP contribution is -2.40. The van der Waals surface area contributed by atoms with Crippen molar-refractivity contribution in [2.24, 2.45) is 0 Å². The number of nitrogens with one attached hydrogen (secondary N) is 1. The van der Waals surface area contributed by atoms with Crippen molar-refractivity contribution in [2.75, 3.05) is 18.5 Å². The maximum absolute atomic E-state index is 12.7. The third kappa shape index (κ3) is 4.36. The fourth-order valence-corrected chi connectivity index (χ4v) is 4.89. The van der Waals surface area contributed by atoms with E-state index in [2.05, 4.69) is 17.4 Å². The highest BCUT2D eigenvalue weighted by Crippen LogP contribution is 2.44. The molecule has 1 fully saturated rings. The highest BCUT2D eigenvalue weighted by Gasteiger charge is 2.39. The van der Waals surface area contributed by atoms with Gasteiger partial charge in [0.15, 0.2) is 0 Å². The van der Waals surface area contributed by atoms with Crippen LogP contribution in [0.2, 0.25) is 0 Å². The van der Waals surface area contributed by atoms with Crippen molar-refractivity contribution in [1.29, 1.82) is 0 Å². The average molecular weight is 472 g/mol. The molecule has 5 rings (SSSR count). The number of rotatable bonds is 5. The first-order valence-corrected chi connectivity index (χ1v) is 11.4. The normalized spacial score (nSPS) is 18.6. The molecule has 3 N–H and O–H groups in total. The number of amides is 2. The van der Waals surface area contributed by atoms with Gasteiger partial charge in [-0.3, -0.25) is 10.1 Å². The molecular weight excluding hydrogens is 448 g/mol. The maximum Gasteiger partial charge on any atom is 0.411 e. The van der Waals surface area contributed by atoms with Gasteiger partial charge in [-0.2, -0.15) is 0 Å². The topological polar surface area (TPSA) is 116 Å². The first kappa shape index (κ1) is 22.6. The Morgan fingerprint density at radius 2 is 1.51 bits per heavy atom. The van der Waals surface area contributed by atoms with E-state index in [-0.39, 0.29) is 31.1 Å². The summed E-state index contributed by atoms with van der Waals surface area (Å²) in [6, 6.07) is 21.2. The number of benzene rings is 3. The Labute approximate surface area is 201 Å². The van der Waals surface area contributed by atoms with Crippen LogP contribution in [-0.2, 0) is 9.53 Å². The van der Waals surface area contributed by atoms with Crippen molar-refractivity contribution < 1.29 is 29.3 Å². The van der Waals surface area contributed by atoms with Gasteiger partial charge in [-0.05, 0) is 46.5 Å². The van der Waals surface area contributed by atoms with Gasteiger partial charge in [-0.15, -0.1) is 0 Å². The van der Waals surface area contributed by atoms with E-state index in [0.717, 1.165) is 27.2 Å². The summed E-state index contributed by atoms with van der Waals surface area (Å²) in [6.45, 7) is 0.153. The van der Waals surface area contributed by atoms with Crippen LogP contribution in [0.25, 0.3) is 11.1 Å². The zero-order valence-electron chi connectivity index (χ0n) is 18.8. The molecule has 0 radical (unpaired) electrons. The van der Waals surface area contributed by atoms with Crippen LogP contribution in [0.3, 0.4) is 0 Å². The smallest absolute Gasteiger partial charge is 0.411 e. The lowest BCUT2D eigenvalue weighted by atomic mass is 9.98. The highest BCUT2D eigenvalue weighted by molar-refractivity contribution is 5.97. The number of likely N-dealkylation sites (tertiary alicyclic amines) is 1. The minimum atomic E-state index is -1.15. The second kappa shape index (κ2) is 9.23. The monoisotopic (exact) mass is 472 g/mol. The molecule has 8 heteroatoms. The van der Waals surface area contributed by atoms with Crippen LogP contribution in [0, 0.1) is 0 Å². The number of β-amino-alcohol motifs (C(OH)–C–C–N with tert-alkyl or cyclic N) is 1. The Morgan fingerprint density at radius 1 is 0.914 bits per heavy atom. The molecule has 8 nitrogen and oxygen atoms in total. The number of ether oxygens (including phenoxy) is 1. The summed E-state index contributed by atoms with van der Waals surface area (Å²) in [4.78, 5) is 37.8. The number of carbonyl (C=O) groups excluding carboxylic acids is 2. The van der Waals surface area contributed by atoms with E-state index in [9.17, 15) is 24.6 Å². The Bertz CT molecular complexity index is 1240. The number of nitrogens with zero attached hydrogens (tertiary/aromatic N) is 1. The number of carboxylic acid groups (broad SMARTS) is 1. The Kier molecular flexibility index (Phi) is 5.96. The van der Waals surface area contributed by atoms with Crippen molar-refractivity contribution in [3.63, 3.8) is 0 Å². The summed E-state index contributed by atoms with van der Waals surface area (Å²) in [5.74, 6) is -1.68. The number of carboxylic acids is 1. The number of aliphatic hydroxyl groups excluding tert-OH is 1. The van der Waals surface area contributed by atoms with Crippen molar-refractivity contribution >= 4 is 23.7 Å². The van der Waals surface area contributed by atoms with E-state index in [1.807, 2.05) is 36.4 Å². The lowest BCUT2D eigenvalue weighted by molar-refractivity contribution is -0.141. The molecule has 2 atom stereocenters. The molecule has 0 spiro atoms. The molecule has 3 aromatic rings. The van der Waals surface area contributed by atoms with E-state index >= 15 is 0 Å². The molecule has 0 aromatic heterocycles. The summed E-state index contributed by atoms with van der Waals surface area (Å²) in [5.41, 5.74) is 5.24. The van der Waals surface area contributed by atoms with Gasteiger partial charge in [0.1, 0.15) is 12.6 Å². The number of aliphatic carboxylic acids is 1. The Balaban J connectivity index is 1.21. The molecule has 1 aliphatic heterocycles. The van der Waals surface area contributed by atoms with Crippen molar-refractivity contribution in [3.05, 3.63) is 89.5 Å². The fourth-order valence-electron chi connectivity index (χ4n) is 4.89. The van der Waals surface area contributed by atoms with Crippen LogP contribution in [0.4, 0.5) is 10.5 Å². The predicted molar refractivity (Wildman–Crippen MR) is 128 cm³/mol. The molecule has 2 aliphatic rings. The van der Waals surface area contributed by atoms with Gasteiger partial charge < -0.3 is 19.8 Å². The number of carbonyl (C=O) groups is 3. The average Bonchev–Trinajstić information content (AvgIpc) is 3.41. The molecule has 1 aliphatic carbocycles. The van der Waals surface area contributed by atoms with Crippen LogP contribution < -0.4 is 5.32 Å². The summed E-state index contributed by atoms with van der Waals surface area (Å²) < 4.78 is 5.54. The van der Waals surface area contributed by atoms with Gasteiger partial charge in [0.2, 0.25) is 0 Å². The van der Waals surface area contributed by atoms with E-state index in [4.69, 9.17) is 4.74 Å². The zero-order chi connectivity index (χ0) is 24.5. The molecule has 0 saturated carbocycles. The van der Waals surface area contributed by atoms with E-state index in [1.54, 1.807) is 12.1 Å². The molecule has 0 unspecified atom stereocenters. The minimum Gasteiger partial charge on any atom is -0.480 e. The van der Waals surface area contributed by atoms with Crippen molar-refractivity contribution in [1.82, 2.24) is 4.90 Å². The SMILES string of the molecule is O=C(Nc1ccc(C(=O)N2C[C@H](O)C[C@H]2C(=O)O)cc1)OCC1c2ccccc2-c2ccccc21. The number of anilines is 1. The van der Waals surface area contributed by atoms with Crippen molar-refractivity contribution in [2.45, 2.75) is 24.5 Å². The number of aliphatic hydroxyl groups is 1. The quantitative estimate of drug-likeness (QED) is 0.521. The summed E-state index contributed by atoms with van der Waals surface area (Å²) in [7, 11) is 0. The molecule has 2 amide bonds. The van der Waals surface area contributed by atoms with E-state index < -0.39 is 30.1 Å². The van der Waals surface area contributed by atoms with Crippen LogP contribution in [0.5, 0.6) is 0 Å². The van der Waals surface area contributed by atoms with E-state index in [0.29, 0.717) is 5.69 Å². The van der Waals surface area contributed by atoms with Gasteiger partial charge in [-0.1, -0.05) is 48.5 Å². The second-order valence-electron chi connectivity index (χ2n) is 8.73. The zero-order valence-corrected chi connectivity index (χ0v) is 18.8. The molecule has 1 saturated heterocycles. The molecule has 35 heavy (non-hydrogen) atoms. The first-order valence-electron chi connectivity index (χ1n) is 11.4. The standard InChI is InChI=1S/C27H24N2O6/c30-18-13-24(26(32)33)29(14-18)25(31)16-9-11-17(12-10-16)28-27(34)35-15-23-21-7-3-1-5-19(21)20-6-2-4-8-22(20)23/h1-12,18,23-24,30H,13-15H2,(H,28,34)(H,32,33)/t18-,24+/m1/s1. The van der Waals surface area contributed by atoms with Gasteiger partial charge in [0.05, 0.1) is 6.10 Å². The molecule has 3 aromatic carbocycles. The molecule has 1 heterocycles. The van der Waals surface area contributed by atoms with Crippen LogP contribution >= 0.6 is 0 Å². The highest BCUT2D eigenvalue weighted by atomic mass is 16.5. The summed E-state index contributed by atoms with van der Waals surface area (Å²) >= 11 is 0. The summed E-state index contributed by atoms with van der Waals surface area (Å²) in [5, 5.41) is 21.8. The van der Waals surface area contributed by atoms with Gasteiger partial charge >= 0.3 is 12.1 Å². The van der Waals surface area contributed by atoms with E-state index in [1.165, 1.54) is 12.1 Å². The number of fused-ring (bicyclic) bond motifs is 3. The fraction of sp³-hybridized carbons (Fsp3) is 0.222. The third-order valence-corrected chi connectivity index (χ3v) is 6.55. The number of hydrogen-bond donors (Lipinski definition) is 3. The third-order valence-electron chi connectivity index (χ3n) is 6.55. The Hall–Kier alpha value is -4.17. The maximum atomic E-state index is 12.7. The molecule has 0 bridgehead atoms. The molecule has 178 valence electrons. The Morgan fingerprint density at radius 3 is 2.11 bits per heavy atom. The number of hydrogen-bond acceptors (Lipinski definition) is 5. The van der Waals surface area contributed by atoms with Crippen LogP contribution in [0.15, 0.2) is 72.8 Å². The predicted octanol–water partition coefficient (Wildman–Crippen LogP) is 3.71. The largest absolute Gasteiger partial charge is 0.480 e.